The molecule has 0 heterocycles. The first-order chi connectivity index (χ1) is 6.60. The van der Waals surface area contributed by atoms with Crippen molar-refractivity contribution in [3.63, 3.8) is 0 Å². The van der Waals surface area contributed by atoms with Crippen LogP contribution in [0.1, 0.15) is 25.7 Å². The molecule has 5 nitrogen and oxygen atoms in total. The van der Waals surface area contributed by atoms with E-state index in [4.69, 9.17) is 5.11 Å². The monoisotopic (exact) mass is 200 g/mol. The third-order valence-electron chi connectivity index (χ3n) is 2.58. The molecule has 1 saturated carbocycles. The molecule has 0 atom stereocenters. The van der Waals surface area contributed by atoms with Gasteiger partial charge in [0.2, 0.25) is 5.91 Å². The first-order valence-corrected chi connectivity index (χ1v) is 4.80. The Morgan fingerprint density at radius 2 is 1.93 bits per heavy atom. The number of amides is 1. The van der Waals surface area contributed by atoms with Crippen LogP contribution in [-0.4, -0.2) is 36.1 Å². The Hall–Kier alpha value is -1.10. The molecule has 0 unspecified atom stereocenters. The van der Waals surface area contributed by atoms with E-state index in [1.807, 2.05) is 0 Å². The van der Waals surface area contributed by atoms with Crippen molar-refractivity contribution in [3.05, 3.63) is 0 Å². The fraction of sp³-hybridized carbons (Fsp3) is 0.778. The van der Waals surface area contributed by atoms with Crippen molar-refractivity contribution in [1.82, 2.24) is 10.6 Å². The zero-order valence-corrected chi connectivity index (χ0v) is 8.30. The van der Waals surface area contributed by atoms with Gasteiger partial charge in [0.1, 0.15) is 5.54 Å². The number of carbonyl (C=O) groups is 2. The first-order valence-electron chi connectivity index (χ1n) is 4.80. The zero-order chi connectivity index (χ0) is 10.6. The van der Waals surface area contributed by atoms with Crippen molar-refractivity contribution in [2.45, 2.75) is 31.2 Å². The van der Waals surface area contributed by atoms with Crippen molar-refractivity contribution in [3.8, 4) is 0 Å². The summed E-state index contributed by atoms with van der Waals surface area (Å²) in [5.74, 6) is -1.17. The maximum Gasteiger partial charge on any atom is 0.329 e. The van der Waals surface area contributed by atoms with Gasteiger partial charge in [-0.2, -0.15) is 0 Å². The maximum absolute atomic E-state index is 11.3. The number of carboxylic acids is 1. The van der Waals surface area contributed by atoms with E-state index in [1.165, 1.54) is 0 Å². The molecule has 3 N–H and O–H groups in total. The second-order valence-corrected chi connectivity index (χ2v) is 3.67. The first kappa shape index (κ1) is 11.0. The summed E-state index contributed by atoms with van der Waals surface area (Å²) in [7, 11) is 1.65. The van der Waals surface area contributed by atoms with E-state index in [0.29, 0.717) is 12.8 Å². The van der Waals surface area contributed by atoms with Gasteiger partial charge in [0.05, 0.1) is 6.54 Å². The normalized spacial score (nSPS) is 19.2. The molecule has 0 saturated heterocycles. The van der Waals surface area contributed by atoms with E-state index >= 15 is 0 Å². The van der Waals surface area contributed by atoms with Gasteiger partial charge in [0, 0.05) is 0 Å². The summed E-state index contributed by atoms with van der Waals surface area (Å²) in [6, 6.07) is 0. The Kier molecular flexibility index (Phi) is 3.46. The Morgan fingerprint density at radius 1 is 1.36 bits per heavy atom. The average Bonchev–Trinajstić information content (AvgIpc) is 2.54. The van der Waals surface area contributed by atoms with E-state index in [-0.39, 0.29) is 12.5 Å². The number of hydrogen-bond acceptors (Lipinski definition) is 3. The predicted octanol–water partition coefficient (Wildman–Crippen LogP) is -0.281. The van der Waals surface area contributed by atoms with Gasteiger partial charge in [0.25, 0.3) is 0 Å². The molecule has 1 aliphatic carbocycles. The van der Waals surface area contributed by atoms with Crippen LogP contribution < -0.4 is 10.6 Å². The van der Waals surface area contributed by atoms with Crippen LogP contribution in [0.3, 0.4) is 0 Å². The fourth-order valence-electron chi connectivity index (χ4n) is 1.84. The van der Waals surface area contributed by atoms with Crippen LogP contribution in [0.4, 0.5) is 0 Å². The lowest BCUT2D eigenvalue weighted by Gasteiger charge is -2.25. The van der Waals surface area contributed by atoms with Crippen LogP contribution in [0.15, 0.2) is 0 Å². The molecular weight excluding hydrogens is 184 g/mol. The standard InChI is InChI=1S/C9H16N2O3/c1-10-6-7(12)11-9(8(13)14)4-2-3-5-9/h10H,2-6H2,1H3,(H,11,12)(H,13,14). The summed E-state index contributed by atoms with van der Waals surface area (Å²) >= 11 is 0. The molecule has 80 valence electrons. The van der Waals surface area contributed by atoms with E-state index in [2.05, 4.69) is 10.6 Å². The van der Waals surface area contributed by atoms with Crippen molar-refractivity contribution in [2.75, 3.05) is 13.6 Å². The molecule has 0 aromatic heterocycles. The van der Waals surface area contributed by atoms with Crippen molar-refractivity contribution < 1.29 is 14.7 Å². The smallest absolute Gasteiger partial charge is 0.329 e. The number of nitrogens with one attached hydrogen (secondary N) is 2. The van der Waals surface area contributed by atoms with Crippen LogP contribution >= 0.6 is 0 Å². The number of rotatable bonds is 4. The third kappa shape index (κ3) is 2.23. The molecule has 0 bridgehead atoms. The summed E-state index contributed by atoms with van der Waals surface area (Å²) in [6.07, 6.45) is 2.81. The lowest BCUT2D eigenvalue weighted by molar-refractivity contribution is -0.147. The van der Waals surface area contributed by atoms with Crippen LogP contribution in [-0.2, 0) is 9.59 Å². The van der Waals surface area contributed by atoms with Crippen LogP contribution in [0.25, 0.3) is 0 Å². The van der Waals surface area contributed by atoms with Gasteiger partial charge >= 0.3 is 5.97 Å². The summed E-state index contributed by atoms with van der Waals surface area (Å²) in [6.45, 7) is 0.162. The largest absolute Gasteiger partial charge is 0.480 e. The van der Waals surface area contributed by atoms with Gasteiger partial charge < -0.3 is 15.7 Å². The van der Waals surface area contributed by atoms with Gasteiger partial charge in [-0.15, -0.1) is 0 Å². The van der Waals surface area contributed by atoms with Gasteiger partial charge in [-0.05, 0) is 19.9 Å². The van der Waals surface area contributed by atoms with E-state index < -0.39 is 11.5 Å². The summed E-state index contributed by atoms with van der Waals surface area (Å²) in [5.41, 5.74) is -1.01. The topological polar surface area (TPSA) is 78.4 Å². The molecule has 0 aromatic rings. The highest BCUT2D eigenvalue weighted by molar-refractivity contribution is 5.88. The Balaban J connectivity index is 2.60. The molecule has 1 fully saturated rings. The SMILES string of the molecule is CNCC(=O)NC1(C(=O)O)CCCC1. The number of carboxylic acid groups (broad SMARTS) is 1. The second-order valence-electron chi connectivity index (χ2n) is 3.67. The molecule has 5 heteroatoms. The quantitative estimate of drug-likeness (QED) is 0.583. The van der Waals surface area contributed by atoms with Crippen molar-refractivity contribution in [1.29, 1.82) is 0 Å². The van der Waals surface area contributed by atoms with Gasteiger partial charge in [0.15, 0.2) is 0 Å². The lowest BCUT2D eigenvalue weighted by atomic mass is 9.98. The van der Waals surface area contributed by atoms with E-state index in [1.54, 1.807) is 7.05 Å². The second kappa shape index (κ2) is 4.41. The van der Waals surface area contributed by atoms with Crippen LogP contribution in [0, 0.1) is 0 Å². The predicted molar refractivity (Wildman–Crippen MR) is 50.9 cm³/mol. The molecule has 14 heavy (non-hydrogen) atoms. The zero-order valence-electron chi connectivity index (χ0n) is 8.30. The number of hydrogen-bond donors (Lipinski definition) is 3. The lowest BCUT2D eigenvalue weighted by Crippen LogP contribution is -2.54. The Morgan fingerprint density at radius 3 is 2.36 bits per heavy atom. The van der Waals surface area contributed by atoms with Gasteiger partial charge in [-0.3, -0.25) is 4.79 Å². The molecule has 0 aromatic carbocycles. The fourth-order valence-corrected chi connectivity index (χ4v) is 1.84. The average molecular weight is 200 g/mol. The molecule has 1 aliphatic rings. The van der Waals surface area contributed by atoms with E-state index in [9.17, 15) is 9.59 Å². The Labute approximate surface area is 82.9 Å². The van der Waals surface area contributed by atoms with E-state index in [0.717, 1.165) is 12.8 Å². The highest BCUT2D eigenvalue weighted by Gasteiger charge is 2.42. The number of likely N-dealkylation sites (N-methyl/N-ethyl adjacent to an activating group) is 1. The summed E-state index contributed by atoms with van der Waals surface area (Å²) in [5, 5.41) is 14.3. The number of carbonyl (C=O) groups excluding carboxylic acids is 1. The van der Waals surface area contributed by atoms with Gasteiger partial charge in [-0.25, -0.2) is 4.79 Å². The summed E-state index contributed by atoms with van der Waals surface area (Å²) in [4.78, 5) is 22.3. The van der Waals surface area contributed by atoms with Gasteiger partial charge in [-0.1, -0.05) is 12.8 Å². The highest BCUT2D eigenvalue weighted by atomic mass is 16.4. The molecule has 1 amide bonds. The summed E-state index contributed by atoms with van der Waals surface area (Å²) < 4.78 is 0. The molecule has 0 aliphatic heterocycles. The van der Waals surface area contributed by atoms with Crippen molar-refractivity contribution in [2.24, 2.45) is 0 Å². The number of aliphatic carboxylic acids is 1. The van der Waals surface area contributed by atoms with Crippen LogP contribution in [0.5, 0.6) is 0 Å². The minimum absolute atomic E-state index is 0.162. The molecule has 1 rings (SSSR count). The molecule has 0 spiro atoms. The Bertz CT molecular complexity index is 234. The van der Waals surface area contributed by atoms with Crippen LogP contribution in [0.2, 0.25) is 0 Å². The minimum Gasteiger partial charge on any atom is -0.480 e. The van der Waals surface area contributed by atoms with Crippen molar-refractivity contribution >= 4 is 11.9 Å². The maximum atomic E-state index is 11.3. The molecule has 0 radical (unpaired) electrons. The minimum atomic E-state index is -1.01. The third-order valence-corrected chi connectivity index (χ3v) is 2.58. The highest BCUT2D eigenvalue weighted by Crippen LogP contribution is 2.29. The molecular formula is C9H16N2O3.